The quantitative estimate of drug-likeness (QED) is 0.696. The molecule has 130 valence electrons. The first kappa shape index (κ1) is 17.2. The van der Waals surface area contributed by atoms with Gasteiger partial charge in [0.05, 0.1) is 7.11 Å². The minimum absolute atomic E-state index is 0.00746. The molecular weight excluding hydrogens is 344 g/mol. The zero-order valence-corrected chi connectivity index (χ0v) is 14.7. The summed E-state index contributed by atoms with van der Waals surface area (Å²) in [5, 5.41) is 8.38. The Morgan fingerprint density at radius 3 is 2.80 bits per heavy atom. The monoisotopic (exact) mass is 360 g/mol. The number of aromatic nitrogens is 3. The van der Waals surface area contributed by atoms with Crippen LogP contribution in [0.25, 0.3) is 22.4 Å². The molecule has 3 rings (SSSR count). The van der Waals surface area contributed by atoms with E-state index in [9.17, 15) is 4.79 Å². The Bertz CT molecular complexity index is 910. The predicted octanol–water partition coefficient (Wildman–Crippen LogP) is 3.55. The SMILES string of the molecule is COC(=O)[C@@H](Nc1ncnc2onc(-c3cccc(Cl)c3)c12)C(C)C. The summed E-state index contributed by atoms with van der Waals surface area (Å²) >= 11 is 6.07. The standard InChI is InChI=1S/C17H17ClN4O3/c1-9(2)13(17(23)24-3)21-15-12-14(10-5-4-6-11(18)7-10)22-25-16(12)20-8-19-15/h4-9,13H,1-3H3,(H,19,20,21)/t13-/m0/s1. The van der Waals surface area contributed by atoms with Crippen LogP contribution in [0.3, 0.4) is 0 Å². The van der Waals surface area contributed by atoms with Crippen LogP contribution < -0.4 is 5.32 Å². The Morgan fingerprint density at radius 1 is 1.32 bits per heavy atom. The van der Waals surface area contributed by atoms with Gasteiger partial charge in [-0.2, -0.15) is 4.98 Å². The summed E-state index contributed by atoms with van der Waals surface area (Å²) in [7, 11) is 1.35. The van der Waals surface area contributed by atoms with Gasteiger partial charge in [-0.1, -0.05) is 42.7 Å². The first-order valence-electron chi connectivity index (χ1n) is 7.72. The van der Waals surface area contributed by atoms with Gasteiger partial charge in [0, 0.05) is 10.6 Å². The third-order valence-electron chi connectivity index (χ3n) is 3.78. The highest BCUT2D eigenvalue weighted by Crippen LogP contribution is 2.32. The van der Waals surface area contributed by atoms with Gasteiger partial charge in [-0.25, -0.2) is 9.78 Å². The van der Waals surface area contributed by atoms with Gasteiger partial charge < -0.3 is 14.6 Å². The van der Waals surface area contributed by atoms with Gasteiger partial charge in [0.25, 0.3) is 5.71 Å². The first-order chi connectivity index (χ1) is 12.0. The second kappa shape index (κ2) is 7.06. The van der Waals surface area contributed by atoms with Crippen LogP contribution in [0, 0.1) is 5.92 Å². The molecule has 0 unspecified atom stereocenters. The van der Waals surface area contributed by atoms with Crippen molar-refractivity contribution in [2.75, 3.05) is 12.4 Å². The highest BCUT2D eigenvalue weighted by molar-refractivity contribution is 6.30. The van der Waals surface area contributed by atoms with E-state index in [1.807, 2.05) is 26.0 Å². The van der Waals surface area contributed by atoms with E-state index in [2.05, 4.69) is 20.4 Å². The van der Waals surface area contributed by atoms with E-state index in [4.69, 9.17) is 20.9 Å². The summed E-state index contributed by atoms with van der Waals surface area (Å²) in [6.45, 7) is 3.83. The second-order valence-electron chi connectivity index (χ2n) is 5.83. The molecule has 1 atom stereocenters. The van der Waals surface area contributed by atoms with Crippen LogP contribution in [0.5, 0.6) is 0 Å². The van der Waals surface area contributed by atoms with Gasteiger partial charge in [0.15, 0.2) is 0 Å². The fourth-order valence-corrected chi connectivity index (χ4v) is 2.69. The van der Waals surface area contributed by atoms with Crippen molar-refractivity contribution in [2.24, 2.45) is 5.92 Å². The van der Waals surface area contributed by atoms with Crippen molar-refractivity contribution in [3.05, 3.63) is 35.6 Å². The molecule has 0 fully saturated rings. The van der Waals surface area contributed by atoms with Crippen molar-refractivity contribution >= 4 is 34.5 Å². The van der Waals surface area contributed by atoms with Crippen LogP contribution in [0.1, 0.15) is 13.8 Å². The maximum absolute atomic E-state index is 12.0. The highest BCUT2D eigenvalue weighted by Gasteiger charge is 2.26. The molecule has 0 spiro atoms. The van der Waals surface area contributed by atoms with Crippen LogP contribution in [0.4, 0.5) is 5.82 Å². The van der Waals surface area contributed by atoms with Gasteiger partial charge in [0.1, 0.15) is 29.3 Å². The van der Waals surface area contributed by atoms with Crippen LogP contribution >= 0.6 is 11.6 Å². The molecule has 0 bridgehead atoms. The lowest BCUT2D eigenvalue weighted by molar-refractivity contribution is -0.142. The fraction of sp³-hybridized carbons (Fsp3) is 0.294. The van der Waals surface area contributed by atoms with Crippen molar-refractivity contribution in [1.29, 1.82) is 0 Å². The topological polar surface area (TPSA) is 90.1 Å². The summed E-state index contributed by atoms with van der Waals surface area (Å²) in [5.41, 5.74) is 1.64. The summed E-state index contributed by atoms with van der Waals surface area (Å²) in [6.07, 6.45) is 1.35. The van der Waals surface area contributed by atoms with Crippen molar-refractivity contribution in [1.82, 2.24) is 15.1 Å². The zero-order valence-electron chi connectivity index (χ0n) is 14.0. The lowest BCUT2D eigenvalue weighted by Gasteiger charge is -2.20. The Hall–Kier alpha value is -2.67. The van der Waals surface area contributed by atoms with Gasteiger partial charge in [-0.05, 0) is 18.1 Å². The molecule has 0 aliphatic rings. The number of benzene rings is 1. The van der Waals surface area contributed by atoms with Crippen molar-refractivity contribution < 1.29 is 14.1 Å². The molecule has 0 radical (unpaired) electrons. The molecule has 0 amide bonds. The molecule has 2 heterocycles. The number of carbonyl (C=O) groups excluding carboxylic acids is 1. The smallest absolute Gasteiger partial charge is 0.328 e. The number of rotatable bonds is 5. The molecule has 1 N–H and O–H groups in total. The molecule has 3 aromatic rings. The zero-order chi connectivity index (χ0) is 18.0. The van der Waals surface area contributed by atoms with Crippen LogP contribution in [0.15, 0.2) is 35.1 Å². The molecule has 0 saturated heterocycles. The molecule has 0 aliphatic heterocycles. The number of methoxy groups -OCH3 is 1. The maximum Gasteiger partial charge on any atom is 0.328 e. The Labute approximate surface area is 149 Å². The summed E-state index contributed by atoms with van der Waals surface area (Å²) in [5.74, 6) is 0.0693. The average Bonchev–Trinajstić information content (AvgIpc) is 3.03. The average molecular weight is 361 g/mol. The first-order valence-corrected chi connectivity index (χ1v) is 8.09. The molecule has 0 saturated carbocycles. The van der Waals surface area contributed by atoms with E-state index in [1.165, 1.54) is 13.4 Å². The van der Waals surface area contributed by atoms with Crippen molar-refractivity contribution in [3.63, 3.8) is 0 Å². The molecule has 2 aromatic heterocycles. The minimum atomic E-state index is -0.565. The number of carbonyl (C=O) groups is 1. The van der Waals surface area contributed by atoms with Crippen LogP contribution in [0.2, 0.25) is 5.02 Å². The maximum atomic E-state index is 12.0. The molecule has 25 heavy (non-hydrogen) atoms. The number of halogens is 1. The lowest BCUT2D eigenvalue weighted by atomic mass is 10.0. The van der Waals surface area contributed by atoms with E-state index in [0.717, 1.165) is 5.56 Å². The predicted molar refractivity (Wildman–Crippen MR) is 94.3 cm³/mol. The van der Waals surface area contributed by atoms with Gasteiger partial charge in [-0.15, -0.1) is 0 Å². The Morgan fingerprint density at radius 2 is 2.12 bits per heavy atom. The van der Waals surface area contributed by atoms with E-state index in [0.29, 0.717) is 27.6 Å². The highest BCUT2D eigenvalue weighted by atomic mass is 35.5. The Kier molecular flexibility index (Phi) is 4.85. The largest absolute Gasteiger partial charge is 0.467 e. The summed E-state index contributed by atoms with van der Waals surface area (Å²) in [4.78, 5) is 20.4. The van der Waals surface area contributed by atoms with E-state index in [-0.39, 0.29) is 11.9 Å². The molecule has 0 aliphatic carbocycles. The number of esters is 1. The third-order valence-corrected chi connectivity index (χ3v) is 4.02. The second-order valence-corrected chi connectivity index (χ2v) is 6.27. The van der Waals surface area contributed by atoms with Gasteiger partial charge >= 0.3 is 5.97 Å². The molecule has 7 nitrogen and oxygen atoms in total. The number of fused-ring (bicyclic) bond motifs is 1. The van der Waals surface area contributed by atoms with E-state index >= 15 is 0 Å². The Balaban J connectivity index is 2.10. The summed E-state index contributed by atoms with van der Waals surface area (Å²) in [6, 6.07) is 6.66. The van der Waals surface area contributed by atoms with Crippen molar-refractivity contribution in [2.45, 2.75) is 19.9 Å². The van der Waals surface area contributed by atoms with E-state index < -0.39 is 6.04 Å². The van der Waals surface area contributed by atoms with E-state index in [1.54, 1.807) is 12.1 Å². The van der Waals surface area contributed by atoms with Crippen LogP contribution in [-0.4, -0.2) is 34.2 Å². The lowest BCUT2D eigenvalue weighted by Crippen LogP contribution is -2.35. The number of ether oxygens (including phenoxy) is 1. The summed E-state index contributed by atoms with van der Waals surface area (Å²) < 4.78 is 10.2. The van der Waals surface area contributed by atoms with Gasteiger partial charge in [-0.3, -0.25) is 0 Å². The third kappa shape index (κ3) is 3.41. The van der Waals surface area contributed by atoms with Crippen molar-refractivity contribution in [3.8, 4) is 11.3 Å². The molecule has 1 aromatic carbocycles. The number of nitrogens with zero attached hydrogens (tertiary/aromatic N) is 3. The number of hydrogen-bond acceptors (Lipinski definition) is 7. The number of anilines is 1. The number of nitrogens with one attached hydrogen (secondary N) is 1. The minimum Gasteiger partial charge on any atom is -0.467 e. The molecule has 8 heteroatoms. The number of hydrogen-bond donors (Lipinski definition) is 1. The van der Waals surface area contributed by atoms with Gasteiger partial charge in [0.2, 0.25) is 0 Å². The fourth-order valence-electron chi connectivity index (χ4n) is 2.50. The van der Waals surface area contributed by atoms with Crippen LogP contribution in [-0.2, 0) is 9.53 Å². The normalized spacial score (nSPS) is 12.4. The molecular formula is C17H17ClN4O3.